The summed E-state index contributed by atoms with van der Waals surface area (Å²) in [6.45, 7) is 2.52. The third-order valence-electron chi connectivity index (χ3n) is 3.80. The maximum atomic E-state index is 2.52. The van der Waals surface area contributed by atoms with Gasteiger partial charge >= 0.3 is 0 Å². The topological polar surface area (TPSA) is 0 Å². The summed E-state index contributed by atoms with van der Waals surface area (Å²) < 4.78 is 0. The lowest BCUT2D eigenvalue weighted by Gasteiger charge is -2.36. The van der Waals surface area contributed by atoms with E-state index < -0.39 is 0 Å². The zero-order valence-corrected chi connectivity index (χ0v) is 6.85. The van der Waals surface area contributed by atoms with Gasteiger partial charge in [0.25, 0.3) is 0 Å². The van der Waals surface area contributed by atoms with Crippen molar-refractivity contribution in [3.63, 3.8) is 0 Å². The molecular weight excluding hydrogens is 127 g/mol. The third-order valence-corrected chi connectivity index (χ3v) is 6.13. The van der Waals surface area contributed by atoms with Gasteiger partial charge in [-0.05, 0) is 35.5 Å². The Balaban J connectivity index is 1.94. The summed E-state index contributed by atoms with van der Waals surface area (Å²) in [7, 11) is 1.36. The summed E-state index contributed by atoms with van der Waals surface area (Å²) in [5, 5.41) is 0.918. The van der Waals surface area contributed by atoms with E-state index in [4.69, 9.17) is 0 Å². The minimum absolute atomic E-state index is 0.918. The van der Waals surface area contributed by atoms with Gasteiger partial charge in [-0.2, -0.15) is 0 Å². The summed E-state index contributed by atoms with van der Waals surface area (Å²) in [6.07, 6.45) is 4.70. The molecule has 3 rings (SSSR count). The van der Waals surface area contributed by atoms with Crippen molar-refractivity contribution in [1.82, 2.24) is 0 Å². The van der Waals surface area contributed by atoms with Gasteiger partial charge in [0.05, 0.1) is 0 Å². The molecule has 5 atom stereocenters. The lowest BCUT2D eigenvalue weighted by molar-refractivity contribution is 0.216. The second kappa shape index (κ2) is 1.23. The molecule has 0 amide bonds. The van der Waals surface area contributed by atoms with E-state index in [2.05, 4.69) is 6.92 Å². The van der Waals surface area contributed by atoms with E-state index in [1.54, 1.807) is 19.3 Å². The van der Waals surface area contributed by atoms with Crippen LogP contribution < -0.4 is 0 Å². The fourth-order valence-corrected chi connectivity index (χ4v) is 5.40. The smallest absolute Gasteiger partial charge is 0.00482 e. The van der Waals surface area contributed by atoms with E-state index in [9.17, 15) is 0 Å². The fraction of sp³-hybridized carbons (Fsp3) is 1.00. The van der Waals surface area contributed by atoms with Crippen LogP contribution in [0, 0.1) is 11.8 Å². The Morgan fingerprint density at radius 3 is 3.11 bits per heavy atom. The zero-order chi connectivity index (χ0) is 6.06. The number of fused-ring (bicyclic) bond motifs is 4. The Kier molecular flexibility index (Phi) is 0.703. The zero-order valence-electron chi connectivity index (χ0n) is 5.85. The summed E-state index contributed by atoms with van der Waals surface area (Å²) in [4.78, 5) is 0. The van der Waals surface area contributed by atoms with E-state index in [-0.39, 0.29) is 0 Å². The maximum Gasteiger partial charge on any atom is -0.00482 e. The number of hydrogen-bond donors (Lipinski definition) is 0. The minimum atomic E-state index is 0.918. The van der Waals surface area contributed by atoms with E-state index in [0.717, 1.165) is 5.16 Å². The predicted molar refractivity (Wildman–Crippen MR) is 41.3 cm³/mol. The van der Waals surface area contributed by atoms with Crippen molar-refractivity contribution in [2.45, 2.75) is 37.0 Å². The lowest BCUT2D eigenvalue weighted by atomic mass is 9.68. The van der Waals surface area contributed by atoms with Crippen LogP contribution in [0.25, 0.3) is 0 Å². The maximum absolute atomic E-state index is 2.52. The molecular formula is C8H13P. The standard InChI is InChI=1S/C8H13P/c1-8-6-4-2-3-5(6)7(8)9-8/h5-7,9H,2-4H2,1H3. The van der Waals surface area contributed by atoms with E-state index >= 15 is 0 Å². The van der Waals surface area contributed by atoms with Gasteiger partial charge in [-0.1, -0.05) is 13.3 Å². The van der Waals surface area contributed by atoms with Gasteiger partial charge in [-0.25, -0.2) is 0 Å². The van der Waals surface area contributed by atoms with Crippen LogP contribution in [-0.2, 0) is 0 Å². The molecule has 0 bridgehead atoms. The summed E-state index contributed by atoms with van der Waals surface area (Å²) >= 11 is 0. The van der Waals surface area contributed by atoms with Crippen LogP contribution in [0.2, 0.25) is 0 Å². The quantitative estimate of drug-likeness (QED) is 0.452. The molecule has 50 valence electrons. The highest BCUT2D eigenvalue weighted by Crippen LogP contribution is 2.81. The molecule has 2 saturated carbocycles. The van der Waals surface area contributed by atoms with Gasteiger partial charge in [0.15, 0.2) is 0 Å². The Labute approximate surface area is 58.2 Å². The minimum Gasteiger partial charge on any atom is -0.111 e. The molecule has 0 aromatic heterocycles. The molecule has 1 heterocycles. The molecule has 0 aromatic rings. The average Bonchev–Trinajstić information content (AvgIpc) is 2.28. The monoisotopic (exact) mass is 140 g/mol. The van der Waals surface area contributed by atoms with E-state index in [1.165, 1.54) is 26.1 Å². The van der Waals surface area contributed by atoms with E-state index in [0.29, 0.717) is 0 Å². The third kappa shape index (κ3) is 0.402. The lowest BCUT2D eigenvalue weighted by Crippen LogP contribution is -2.40. The number of hydrogen-bond acceptors (Lipinski definition) is 0. The van der Waals surface area contributed by atoms with Crippen LogP contribution in [0.15, 0.2) is 0 Å². The van der Waals surface area contributed by atoms with Crippen LogP contribution in [-0.4, -0.2) is 10.8 Å². The molecule has 0 radical (unpaired) electrons. The molecule has 3 fully saturated rings. The van der Waals surface area contributed by atoms with Crippen LogP contribution in [0.4, 0.5) is 0 Å². The highest BCUT2D eigenvalue weighted by Gasteiger charge is 2.71. The van der Waals surface area contributed by atoms with Crippen molar-refractivity contribution in [1.29, 1.82) is 0 Å². The molecule has 1 heteroatoms. The normalized spacial score (nSPS) is 71.0. The van der Waals surface area contributed by atoms with Crippen molar-refractivity contribution >= 4 is 8.58 Å². The van der Waals surface area contributed by atoms with Crippen LogP contribution in [0.5, 0.6) is 0 Å². The molecule has 2 aliphatic carbocycles. The van der Waals surface area contributed by atoms with Crippen molar-refractivity contribution in [3.05, 3.63) is 0 Å². The van der Waals surface area contributed by atoms with Crippen molar-refractivity contribution < 1.29 is 0 Å². The van der Waals surface area contributed by atoms with E-state index in [1.807, 2.05) is 0 Å². The highest BCUT2D eigenvalue weighted by molar-refractivity contribution is 7.51. The van der Waals surface area contributed by atoms with Crippen LogP contribution >= 0.6 is 8.58 Å². The SMILES string of the molecule is CC12PC1C1CCCC12. The summed E-state index contributed by atoms with van der Waals surface area (Å²) in [6, 6.07) is 0. The van der Waals surface area contributed by atoms with Gasteiger partial charge in [0.1, 0.15) is 0 Å². The summed E-state index contributed by atoms with van der Waals surface area (Å²) in [5.74, 6) is 2.41. The van der Waals surface area contributed by atoms with Crippen molar-refractivity contribution in [2.24, 2.45) is 11.8 Å². The highest BCUT2D eigenvalue weighted by atomic mass is 31.1. The predicted octanol–water partition coefficient (Wildman–Crippen LogP) is 2.24. The van der Waals surface area contributed by atoms with Gasteiger partial charge in [0.2, 0.25) is 0 Å². The van der Waals surface area contributed by atoms with Crippen molar-refractivity contribution in [3.8, 4) is 0 Å². The molecule has 0 nitrogen and oxygen atoms in total. The summed E-state index contributed by atoms with van der Waals surface area (Å²) in [5.41, 5.74) is 1.23. The average molecular weight is 140 g/mol. The van der Waals surface area contributed by atoms with Gasteiger partial charge < -0.3 is 0 Å². The first-order valence-corrected chi connectivity index (χ1v) is 5.18. The Morgan fingerprint density at radius 2 is 2.33 bits per heavy atom. The molecule has 0 aromatic carbocycles. The molecule has 1 aliphatic heterocycles. The fourth-order valence-electron chi connectivity index (χ4n) is 3.20. The van der Waals surface area contributed by atoms with Gasteiger partial charge in [-0.3, -0.25) is 0 Å². The van der Waals surface area contributed by atoms with Crippen LogP contribution in [0.3, 0.4) is 0 Å². The molecule has 3 aliphatic rings. The Hall–Kier alpha value is 0.430. The van der Waals surface area contributed by atoms with Gasteiger partial charge in [-0.15, -0.1) is 8.58 Å². The largest absolute Gasteiger partial charge is 0.111 e. The molecule has 0 spiro atoms. The molecule has 9 heavy (non-hydrogen) atoms. The van der Waals surface area contributed by atoms with Gasteiger partial charge in [0, 0.05) is 0 Å². The number of rotatable bonds is 0. The molecule has 1 saturated heterocycles. The Morgan fingerprint density at radius 1 is 1.44 bits per heavy atom. The van der Waals surface area contributed by atoms with Crippen LogP contribution in [0.1, 0.15) is 26.2 Å². The Bertz CT molecular complexity index is 166. The molecule has 0 N–H and O–H groups in total. The second-order valence-electron chi connectivity index (χ2n) is 4.11. The first kappa shape index (κ1) is 5.13. The first-order valence-electron chi connectivity index (χ1n) is 4.10. The van der Waals surface area contributed by atoms with Crippen molar-refractivity contribution in [2.75, 3.05) is 0 Å². The first-order chi connectivity index (χ1) is 4.32. The second-order valence-corrected chi connectivity index (χ2v) is 6.09. The molecule has 5 unspecified atom stereocenters.